The Morgan fingerprint density at radius 1 is 1.00 bits per heavy atom. The number of benzene rings is 2. The number of halogens is 2. The maximum Gasteiger partial charge on any atom is 0.257 e. The van der Waals surface area contributed by atoms with Crippen molar-refractivity contribution in [3.8, 4) is 0 Å². The van der Waals surface area contributed by atoms with E-state index >= 15 is 0 Å². The summed E-state index contributed by atoms with van der Waals surface area (Å²) in [6.07, 6.45) is 3.36. The number of carbonyl (C=O) groups excluding carboxylic acids is 1. The van der Waals surface area contributed by atoms with Crippen molar-refractivity contribution in [2.24, 2.45) is 4.99 Å². The van der Waals surface area contributed by atoms with Crippen LogP contribution in [0.5, 0.6) is 0 Å². The molecule has 0 bridgehead atoms. The molecule has 1 heterocycles. The number of amides is 1. The van der Waals surface area contributed by atoms with Gasteiger partial charge in [-0.25, -0.2) is 9.38 Å². The number of aliphatic imine (C=N–C) groups is 1. The first-order chi connectivity index (χ1) is 13.1. The molecule has 2 N–H and O–H groups in total. The van der Waals surface area contributed by atoms with Crippen molar-refractivity contribution in [1.29, 1.82) is 0 Å². The molecule has 136 valence electrons. The van der Waals surface area contributed by atoms with Crippen molar-refractivity contribution in [3.05, 3.63) is 94.5 Å². The van der Waals surface area contributed by atoms with Gasteiger partial charge in [-0.3, -0.25) is 15.1 Å². The van der Waals surface area contributed by atoms with E-state index in [9.17, 15) is 9.18 Å². The summed E-state index contributed by atoms with van der Waals surface area (Å²) in [7, 11) is 0. The van der Waals surface area contributed by atoms with Gasteiger partial charge in [-0.2, -0.15) is 0 Å². The number of hydrogen-bond acceptors (Lipinski definition) is 3. The molecule has 2 aromatic carbocycles. The summed E-state index contributed by atoms with van der Waals surface area (Å²) in [4.78, 5) is 20.9. The summed E-state index contributed by atoms with van der Waals surface area (Å²) in [6.45, 7) is 0.354. The van der Waals surface area contributed by atoms with Crippen molar-refractivity contribution >= 4 is 33.5 Å². The Balaban J connectivity index is 1.78. The topological polar surface area (TPSA) is 66.4 Å². The highest BCUT2D eigenvalue weighted by Gasteiger charge is 2.09. The van der Waals surface area contributed by atoms with Gasteiger partial charge >= 0.3 is 0 Å². The summed E-state index contributed by atoms with van der Waals surface area (Å²) in [6, 6.07) is 16.5. The van der Waals surface area contributed by atoms with Crippen LogP contribution in [0.1, 0.15) is 15.9 Å². The van der Waals surface area contributed by atoms with E-state index in [0.717, 1.165) is 10.0 Å². The normalized spacial score (nSPS) is 11.1. The lowest BCUT2D eigenvalue weighted by Gasteiger charge is -2.12. The Labute approximate surface area is 164 Å². The maximum atomic E-state index is 13.1. The summed E-state index contributed by atoms with van der Waals surface area (Å²) in [5.74, 6) is -0.369. The van der Waals surface area contributed by atoms with Gasteiger partial charge in [0, 0.05) is 28.1 Å². The highest BCUT2D eigenvalue weighted by Crippen LogP contribution is 2.11. The molecule has 0 unspecified atom stereocenters. The first kappa shape index (κ1) is 18.7. The Morgan fingerprint density at radius 3 is 2.33 bits per heavy atom. The first-order valence-electron chi connectivity index (χ1n) is 8.13. The fourth-order valence-corrected chi connectivity index (χ4v) is 2.48. The summed E-state index contributed by atoms with van der Waals surface area (Å²) in [5.41, 5.74) is 2.05. The lowest BCUT2D eigenvalue weighted by molar-refractivity contribution is 0.0977. The van der Waals surface area contributed by atoms with E-state index in [4.69, 9.17) is 0 Å². The van der Waals surface area contributed by atoms with Gasteiger partial charge in [0.2, 0.25) is 5.96 Å². The van der Waals surface area contributed by atoms with Gasteiger partial charge in [-0.1, -0.05) is 15.9 Å². The molecule has 0 aliphatic heterocycles. The number of guanidine groups is 1. The van der Waals surface area contributed by atoms with E-state index in [0.29, 0.717) is 17.8 Å². The first-order valence-corrected chi connectivity index (χ1v) is 8.92. The van der Waals surface area contributed by atoms with Gasteiger partial charge in [0.05, 0.1) is 6.54 Å². The average molecular weight is 427 g/mol. The monoisotopic (exact) mass is 426 g/mol. The Morgan fingerprint density at radius 2 is 1.67 bits per heavy atom. The zero-order valence-corrected chi connectivity index (χ0v) is 15.8. The van der Waals surface area contributed by atoms with Crippen LogP contribution in [-0.2, 0) is 6.54 Å². The second-order valence-corrected chi connectivity index (χ2v) is 6.53. The van der Waals surface area contributed by atoms with Gasteiger partial charge in [0.25, 0.3) is 5.91 Å². The molecule has 0 fully saturated rings. The molecular weight excluding hydrogens is 411 g/mol. The molecule has 1 aromatic heterocycles. The van der Waals surface area contributed by atoms with Gasteiger partial charge in [0.1, 0.15) is 5.82 Å². The molecule has 0 aliphatic carbocycles. The van der Waals surface area contributed by atoms with Gasteiger partial charge in [-0.05, 0) is 66.2 Å². The van der Waals surface area contributed by atoms with Gasteiger partial charge in [-0.15, -0.1) is 0 Å². The van der Waals surface area contributed by atoms with Crippen LogP contribution >= 0.6 is 15.9 Å². The lowest BCUT2D eigenvalue weighted by Crippen LogP contribution is -2.36. The van der Waals surface area contributed by atoms with E-state index in [-0.39, 0.29) is 17.7 Å². The summed E-state index contributed by atoms with van der Waals surface area (Å²) >= 11 is 3.34. The molecule has 0 saturated heterocycles. The molecule has 27 heavy (non-hydrogen) atoms. The van der Waals surface area contributed by atoms with Gasteiger partial charge < -0.3 is 5.32 Å². The molecule has 5 nitrogen and oxygen atoms in total. The van der Waals surface area contributed by atoms with Crippen molar-refractivity contribution < 1.29 is 9.18 Å². The molecule has 0 spiro atoms. The SMILES string of the molecule is O=C(NC(=NCc1ccncc1)Nc1ccc(F)cc1)c1ccc(Br)cc1. The smallest absolute Gasteiger partial charge is 0.257 e. The molecule has 3 aromatic rings. The van der Waals surface area contributed by atoms with Crippen LogP contribution in [0.15, 0.2) is 82.5 Å². The number of aromatic nitrogens is 1. The zero-order valence-electron chi connectivity index (χ0n) is 14.2. The molecule has 0 saturated carbocycles. The molecule has 1 amide bonds. The van der Waals surface area contributed by atoms with Crippen LogP contribution in [0.2, 0.25) is 0 Å². The van der Waals surface area contributed by atoms with E-state index in [2.05, 4.69) is 36.5 Å². The van der Waals surface area contributed by atoms with E-state index in [1.54, 1.807) is 48.8 Å². The predicted molar refractivity (Wildman–Crippen MR) is 107 cm³/mol. The van der Waals surface area contributed by atoms with Crippen LogP contribution in [0.3, 0.4) is 0 Å². The highest BCUT2D eigenvalue weighted by atomic mass is 79.9. The second-order valence-electron chi connectivity index (χ2n) is 5.61. The van der Waals surface area contributed by atoms with Crippen LogP contribution < -0.4 is 10.6 Å². The number of anilines is 1. The van der Waals surface area contributed by atoms with Gasteiger partial charge in [0.15, 0.2) is 0 Å². The third-order valence-electron chi connectivity index (χ3n) is 3.61. The van der Waals surface area contributed by atoms with Crippen LogP contribution in [0, 0.1) is 5.82 Å². The predicted octanol–water partition coefficient (Wildman–Crippen LogP) is 4.38. The minimum Gasteiger partial charge on any atom is -0.326 e. The zero-order chi connectivity index (χ0) is 19.1. The maximum absolute atomic E-state index is 13.1. The molecule has 0 atom stereocenters. The largest absolute Gasteiger partial charge is 0.326 e. The number of nitrogens with zero attached hydrogens (tertiary/aromatic N) is 2. The summed E-state index contributed by atoms with van der Waals surface area (Å²) in [5, 5.41) is 5.78. The van der Waals surface area contributed by atoms with Crippen molar-refractivity contribution in [2.75, 3.05) is 5.32 Å². The fourth-order valence-electron chi connectivity index (χ4n) is 2.22. The lowest BCUT2D eigenvalue weighted by atomic mass is 10.2. The number of carbonyl (C=O) groups is 1. The summed E-state index contributed by atoms with van der Waals surface area (Å²) < 4.78 is 14.0. The molecule has 0 aliphatic rings. The second kappa shape index (κ2) is 9.05. The van der Waals surface area contributed by atoms with Crippen LogP contribution in [0.4, 0.5) is 10.1 Å². The van der Waals surface area contributed by atoms with Crippen molar-refractivity contribution in [3.63, 3.8) is 0 Å². The Bertz CT molecular complexity index is 928. The highest BCUT2D eigenvalue weighted by molar-refractivity contribution is 9.10. The number of rotatable bonds is 4. The van der Waals surface area contributed by atoms with E-state index < -0.39 is 0 Å². The third kappa shape index (κ3) is 5.72. The Hall–Kier alpha value is -3.06. The average Bonchev–Trinajstić information content (AvgIpc) is 2.69. The standard InChI is InChI=1S/C20H16BrFN4O/c21-16-3-1-15(2-4-16)19(27)26-20(24-13-14-9-11-23-12-10-14)25-18-7-5-17(22)6-8-18/h1-12H,13H2,(H2,24,25,26,27). The van der Waals surface area contributed by atoms with E-state index in [1.807, 2.05) is 12.1 Å². The minimum absolute atomic E-state index is 0.270. The minimum atomic E-state index is -0.338. The number of nitrogens with one attached hydrogen (secondary N) is 2. The molecule has 0 radical (unpaired) electrons. The quantitative estimate of drug-likeness (QED) is 0.480. The molecule has 7 heteroatoms. The van der Waals surface area contributed by atoms with Crippen LogP contribution in [-0.4, -0.2) is 16.9 Å². The molecule has 3 rings (SSSR count). The van der Waals surface area contributed by atoms with Crippen LogP contribution in [0.25, 0.3) is 0 Å². The fraction of sp³-hybridized carbons (Fsp3) is 0.0500. The number of hydrogen-bond donors (Lipinski definition) is 2. The molecular formula is C20H16BrFN4O. The van der Waals surface area contributed by atoms with Crippen molar-refractivity contribution in [1.82, 2.24) is 10.3 Å². The van der Waals surface area contributed by atoms with Crippen molar-refractivity contribution in [2.45, 2.75) is 6.54 Å². The van der Waals surface area contributed by atoms with E-state index in [1.165, 1.54) is 12.1 Å². The Kier molecular flexibility index (Phi) is 6.27. The third-order valence-corrected chi connectivity index (χ3v) is 4.14. The number of pyridine rings is 1.